The predicted molar refractivity (Wildman–Crippen MR) is 78.7 cm³/mol. The third kappa shape index (κ3) is 2.29. The van der Waals surface area contributed by atoms with Crippen molar-refractivity contribution in [2.45, 2.75) is 13.0 Å². The Hall–Kier alpha value is -1.66. The SMILES string of the molecule is NNc1ncnc(N2CCc3ccccc3C2)c1Br. The third-order valence-electron chi connectivity index (χ3n) is 3.34. The Bertz CT molecular complexity index is 601. The van der Waals surface area contributed by atoms with Gasteiger partial charge < -0.3 is 10.3 Å². The molecule has 0 saturated carbocycles. The fourth-order valence-electron chi connectivity index (χ4n) is 2.36. The van der Waals surface area contributed by atoms with E-state index in [0.29, 0.717) is 5.82 Å². The van der Waals surface area contributed by atoms with Crippen LogP contribution in [0.15, 0.2) is 35.1 Å². The summed E-state index contributed by atoms with van der Waals surface area (Å²) in [4.78, 5) is 10.7. The highest BCUT2D eigenvalue weighted by atomic mass is 79.9. The summed E-state index contributed by atoms with van der Waals surface area (Å²) in [6.45, 7) is 1.80. The molecule has 98 valence electrons. The first-order valence-electron chi connectivity index (χ1n) is 6.08. The number of nitrogen functional groups attached to an aromatic ring is 1. The molecule has 2 aromatic rings. The molecule has 0 atom stereocenters. The second-order valence-corrected chi connectivity index (χ2v) is 5.24. The first-order valence-corrected chi connectivity index (χ1v) is 6.87. The normalized spacial score (nSPS) is 14.1. The van der Waals surface area contributed by atoms with Crippen molar-refractivity contribution in [3.8, 4) is 0 Å². The maximum atomic E-state index is 5.44. The molecule has 5 nitrogen and oxygen atoms in total. The Morgan fingerprint density at radius 2 is 2.00 bits per heavy atom. The van der Waals surface area contributed by atoms with E-state index in [2.05, 4.69) is 60.5 Å². The van der Waals surface area contributed by atoms with E-state index >= 15 is 0 Å². The predicted octanol–water partition coefficient (Wildman–Crippen LogP) is 2.09. The third-order valence-corrected chi connectivity index (χ3v) is 4.07. The van der Waals surface area contributed by atoms with Crippen LogP contribution < -0.4 is 16.2 Å². The van der Waals surface area contributed by atoms with Crippen molar-refractivity contribution in [2.75, 3.05) is 16.9 Å². The van der Waals surface area contributed by atoms with Crippen molar-refractivity contribution in [1.82, 2.24) is 9.97 Å². The van der Waals surface area contributed by atoms with Gasteiger partial charge in [0.05, 0.1) is 0 Å². The van der Waals surface area contributed by atoms with E-state index in [0.717, 1.165) is 29.8 Å². The number of anilines is 2. The van der Waals surface area contributed by atoms with Crippen LogP contribution >= 0.6 is 15.9 Å². The van der Waals surface area contributed by atoms with E-state index < -0.39 is 0 Å². The van der Waals surface area contributed by atoms with Gasteiger partial charge in [-0.2, -0.15) is 0 Å². The molecule has 3 N–H and O–H groups in total. The van der Waals surface area contributed by atoms with E-state index in [1.807, 2.05) is 0 Å². The van der Waals surface area contributed by atoms with Crippen LogP contribution in [0.25, 0.3) is 0 Å². The molecule has 6 heteroatoms. The molecule has 0 unspecified atom stereocenters. The van der Waals surface area contributed by atoms with Crippen molar-refractivity contribution < 1.29 is 0 Å². The Kier molecular flexibility index (Phi) is 3.35. The first-order chi connectivity index (χ1) is 9.29. The summed E-state index contributed by atoms with van der Waals surface area (Å²) in [5.41, 5.74) is 5.34. The molecule has 19 heavy (non-hydrogen) atoms. The highest BCUT2D eigenvalue weighted by molar-refractivity contribution is 9.10. The summed E-state index contributed by atoms with van der Waals surface area (Å²) in [5.74, 6) is 6.91. The van der Waals surface area contributed by atoms with Gasteiger partial charge in [-0.25, -0.2) is 15.8 Å². The average Bonchev–Trinajstić information content (AvgIpc) is 2.47. The molecule has 1 aromatic heterocycles. The minimum Gasteiger partial charge on any atom is -0.351 e. The van der Waals surface area contributed by atoms with Crippen LogP contribution in [0.5, 0.6) is 0 Å². The van der Waals surface area contributed by atoms with Crippen LogP contribution in [0.2, 0.25) is 0 Å². The summed E-state index contributed by atoms with van der Waals surface area (Å²) in [7, 11) is 0. The van der Waals surface area contributed by atoms with Crippen LogP contribution in [-0.4, -0.2) is 16.5 Å². The van der Waals surface area contributed by atoms with Gasteiger partial charge in [0.25, 0.3) is 0 Å². The van der Waals surface area contributed by atoms with Gasteiger partial charge in [-0.15, -0.1) is 0 Å². The van der Waals surface area contributed by atoms with Crippen LogP contribution in [0.4, 0.5) is 11.6 Å². The maximum Gasteiger partial charge on any atom is 0.159 e. The van der Waals surface area contributed by atoms with Crippen LogP contribution in [0.1, 0.15) is 11.1 Å². The fraction of sp³-hybridized carbons (Fsp3) is 0.231. The van der Waals surface area contributed by atoms with Crippen LogP contribution in [-0.2, 0) is 13.0 Å². The Morgan fingerprint density at radius 3 is 2.79 bits per heavy atom. The number of halogens is 1. The lowest BCUT2D eigenvalue weighted by Crippen LogP contribution is -2.31. The van der Waals surface area contributed by atoms with Gasteiger partial charge in [-0.1, -0.05) is 24.3 Å². The summed E-state index contributed by atoms with van der Waals surface area (Å²) in [6.07, 6.45) is 2.55. The van der Waals surface area contributed by atoms with Gasteiger partial charge in [-0.05, 0) is 33.5 Å². The summed E-state index contributed by atoms with van der Waals surface area (Å²) >= 11 is 3.51. The summed E-state index contributed by atoms with van der Waals surface area (Å²) < 4.78 is 0.803. The number of benzene rings is 1. The van der Waals surface area contributed by atoms with Gasteiger partial charge in [0.15, 0.2) is 5.82 Å². The summed E-state index contributed by atoms with van der Waals surface area (Å²) in [6, 6.07) is 8.52. The lowest BCUT2D eigenvalue weighted by atomic mass is 10.00. The molecular weight excluding hydrogens is 306 g/mol. The second kappa shape index (κ2) is 5.14. The molecule has 0 amide bonds. The zero-order chi connectivity index (χ0) is 13.2. The molecular formula is C13H14BrN5. The fourth-order valence-corrected chi connectivity index (χ4v) is 2.93. The molecule has 1 aliphatic heterocycles. The minimum atomic E-state index is 0.601. The highest BCUT2D eigenvalue weighted by Crippen LogP contribution is 2.31. The number of hydrazine groups is 1. The zero-order valence-corrected chi connectivity index (χ0v) is 11.9. The Morgan fingerprint density at radius 1 is 1.21 bits per heavy atom. The van der Waals surface area contributed by atoms with E-state index in [1.54, 1.807) is 0 Å². The number of nitrogens with two attached hydrogens (primary N) is 1. The Balaban J connectivity index is 1.93. The van der Waals surface area contributed by atoms with E-state index in [4.69, 9.17) is 5.84 Å². The number of nitrogens with zero attached hydrogens (tertiary/aromatic N) is 3. The lowest BCUT2D eigenvalue weighted by molar-refractivity contribution is 0.717. The van der Waals surface area contributed by atoms with Crippen LogP contribution in [0, 0.1) is 0 Å². The number of nitrogens with one attached hydrogen (secondary N) is 1. The molecule has 0 fully saturated rings. The summed E-state index contributed by atoms with van der Waals surface area (Å²) in [5, 5.41) is 0. The molecule has 2 heterocycles. The smallest absolute Gasteiger partial charge is 0.159 e. The highest BCUT2D eigenvalue weighted by Gasteiger charge is 2.20. The topological polar surface area (TPSA) is 67.1 Å². The van der Waals surface area contributed by atoms with E-state index in [1.165, 1.54) is 17.5 Å². The monoisotopic (exact) mass is 319 g/mol. The molecule has 0 saturated heterocycles. The van der Waals surface area contributed by atoms with Gasteiger partial charge >= 0.3 is 0 Å². The van der Waals surface area contributed by atoms with Gasteiger partial charge in [-0.3, -0.25) is 0 Å². The van der Waals surface area contributed by atoms with Crippen molar-refractivity contribution >= 4 is 27.6 Å². The molecule has 0 spiro atoms. The van der Waals surface area contributed by atoms with E-state index in [9.17, 15) is 0 Å². The van der Waals surface area contributed by atoms with E-state index in [-0.39, 0.29) is 0 Å². The molecule has 0 bridgehead atoms. The standard InChI is InChI=1S/C13H14BrN5/c14-11-12(18-15)16-8-17-13(11)19-6-5-9-3-1-2-4-10(9)7-19/h1-4,8H,5-7,15H2,(H,16,17,18). The molecule has 3 rings (SSSR count). The molecule has 1 aromatic carbocycles. The average molecular weight is 320 g/mol. The quantitative estimate of drug-likeness (QED) is 0.655. The van der Waals surface area contributed by atoms with Crippen molar-refractivity contribution in [2.24, 2.45) is 5.84 Å². The molecule has 1 aliphatic rings. The zero-order valence-electron chi connectivity index (χ0n) is 10.3. The number of fused-ring (bicyclic) bond motifs is 1. The van der Waals surface area contributed by atoms with Crippen molar-refractivity contribution in [1.29, 1.82) is 0 Å². The number of aromatic nitrogens is 2. The number of rotatable bonds is 2. The second-order valence-electron chi connectivity index (χ2n) is 4.44. The van der Waals surface area contributed by atoms with Gasteiger partial charge in [0.2, 0.25) is 0 Å². The van der Waals surface area contributed by atoms with Gasteiger partial charge in [0, 0.05) is 13.1 Å². The van der Waals surface area contributed by atoms with Crippen molar-refractivity contribution in [3.05, 3.63) is 46.2 Å². The van der Waals surface area contributed by atoms with Gasteiger partial charge in [0.1, 0.15) is 16.6 Å². The molecule has 0 radical (unpaired) electrons. The largest absolute Gasteiger partial charge is 0.351 e. The lowest BCUT2D eigenvalue weighted by Gasteiger charge is -2.30. The first kappa shape index (κ1) is 12.4. The molecule has 0 aliphatic carbocycles. The number of hydrogen-bond donors (Lipinski definition) is 2. The van der Waals surface area contributed by atoms with Crippen LogP contribution in [0.3, 0.4) is 0 Å². The Labute approximate surface area is 120 Å². The maximum absolute atomic E-state index is 5.44. The van der Waals surface area contributed by atoms with Crippen molar-refractivity contribution in [3.63, 3.8) is 0 Å². The number of hydrogen-bond acceptors (Lipinski definition) is 5. The minimum absolute atomic E-state index is 0.601.